The second kappa shape index (κ2) is 12.4. The lowest BCUT2D eigenvalue weighted by Crippen LogP contribution is -2.57. The Morgan fingerprint density at radius 2 is 1.04 bits per heavy atom. The van der Waals surface area contributed by atoms with Gasteiger partial charge in [-0.2, -0.15) is 0 Å². The summed E-state index contributed by atoms with van der Waals surface area (Å²) in [4.78, 5) is 44.6. The van der Waals surface area contributed by atoms with Crippen LogP contribution in [0.1, 0.15) is 11.1 Å². The minimum Gasteiger partial charge on any atom is -0.309 e. The van der Waals surface area contributed by atoms with E-state index in [0.29, 0.717) is 22.0 Å². The molecule has 0 saturated carbocycles. The molecule has 1 saturated heterocycles. The van der Waals surface area contributed by atoms with Crippen LogP contribution in [0.15, 0.2) is 151 Å². The summed E-state index contributed by atoms with van der Waals surface area (Å²) < 4.78 is 2.10. The highest BCUT2D eigenvalue weighted by molar-refractivity contribution is 6.46. The highest BCUT2D eigenvalue weighted by Crippen LogP contribution is 2.39. The van der Waals surface area contributed by atoms with E-state index in [1.807, 2.05) is 110 Å². The van der Waals surface area contributed by atoms with Gasteiger partial charge in [0.2, 0.25) is 0 Å². The molecule has 0 radical (unpaired) electrons. The maximum absolute atomic E-state index is 14.3. The molecule has 47 heavy (non-hydrogen) atoms. The summed E-state index contributed by atoms with van der Waals surface area (Å²) >= 11 is 6.30. The van der Waals surface area contributed by atoms with Crippen molar-refractivity contribution in [2.75, 3.05) is 9.80 Å². The molecule has 228 valence electrons. The quantitative estimate of drug-likeness (QED) is 0.136. The first-order valence-corrected chi connectivity index (χ1v) is 15.5. The number of amides is 4. The van der Waals surface area contributed by atoms with E-state index in [2.05, 4.69) is 4.57 Å². The number of aryl methyl sites for hydroxylation is 1. The van der Waals surface area contributed by atoms with Gasteiger partial charge >= 0.3 is 6.03 Å². The zero-order valence-electron chi connectivity index (χ0n) is 25.4. The van der Waals surface area contributed by atoms with Crippen molar-refractivity contribution in [3.63, 3.8) is 0 Å². The Bertz CT molecular complexity index is 2140. The fourth-order valence-corrected chi connectivity index (χ4v) is 5.95. The van der Waals surface area contributed by atoms with Crippen LogP contribution in [0.25, 0.3) is 34.3 Å². The van der Waals surface area contributed by atoms with Crippen LogP contribution in [0.2, 0.25) is 5.02 Å². The number of barbiturate groups is 1. The Balaban J connectivity index is 1.50. The SMILES string of the molecule is Cc1ccc(N2C(=O)/C(=C\c3cc(-c4ccccc4)n(-c4ccc(Cl)cc4)c3-c3ccccc3)C(=O)N(c3ccccc3)C2=O)cc1. The third kappa shape index (κ3) is 5.56. The molecule has 1 aromatic heterocycles. The second-order valence-electron chi connectivity index (χ2n) is 11.2. The lowest BCUT2D eigenvalue weighted by molar-refractivity contribution is -0.121. The Morgan fingerprint density at radius 1 is 0.553 bits per heavy atom. The summed E-state index contributed by atoms with van der Waals surface area (Å²) in [5.74, 6) is -1.40. The maximum Gasteiger partial charge on any atom is 0.343 e. The smallest absolute Gasteiger partial charge is 0.309 e. The summed E-state index contributed by atoms with van der Waals surface area (Å²) in [6.45, 7) is 1.93. The van der Waals surface area contributed by atoms with Crippen molar-refractivity contribution in [1.29, 1.82) is 0 Å². The molecule has 6 aromatic rings. The third-order valence-corrected chi connectivity index (χ3v) is 8.34. The number of nitrogens with zero attached hydrogens (tertiary/aromatic N) is 3. The molecule has 0 unspecified atom stereocenters. The van der Waals surface area contributed by atoms with Crippen LogP contribution >= 0.6 is 11.6 Å². The van der Waals surface area contributed by atoms with E-state index >= 15 is 0 Å². The van der Waals surface area contributed by atoms with Crippen LogP contribution in [0.3, 0.4) is 0 Å². The molecular formula is C40H28ClN3O3. The molecule has 6 nitrogen and oxygen atoms in total. The highest BCUT2D eigenvalue weighted by atomic mass is 35.5. The van der Waals surface area contributed by atoms with Gasteiger partial charge in [-0.1, -0.05) is 108 Å². The number of aromatic nitrogens is 1. The van der Waals surface area contributed by atoms with Crippen LogP contribution in [0.5, 0.6) is 0 Å². The molecule has 7 heteroatoms. The largest absolute Gasteiger partial charge is 0.343 e. The van der Waals surface area contributed by atoms with Gasteiger partial charge in [0, 0.05) is 16.3 Å². The Kier molecular flexibility index (Phi) is 7.86. The average molecular weight is 634 g/mol. The van der Waals surface area contributed by atoms with Gasteiger partial charge in [0.1, 0.15) is 5.57 Å². The monoisotopic (exact) mass is 633 g/mol. The molecule has 1 aliphatic rings. The molecule has 0 aliphatic carbocycles. The van der Waals surface area contributed by atoms with Gasteiger partial charge in [0.25, 0.3) is 11.8 Å². The van der Waals surface area contributed by atoms with Gasteiger partial charge in [-0.15, -0.1) is 0 Å². The Hall–Kier alpha value is -5.98. The predicted molar refractivity (Wildman–Crippen MR) is 188 cm³/mol. The average Bonchev–Trinajstić information content (AvgIpc) is 3.48. The van der Waals surface area contributed by atoms with E-state index in [0.717, 1.165) is 43.6 Å². The van der Waals surface area contributed by atoms with Crippen LogP contribution in [0, 0.1) is 6.92 Å². The van der Waals surface area contributed by atoms with Crippen LogP contribution in [-0.2, 0) is 9.59 Å². The van der Waals surface area contributed by atoms with Crippen LogP contribution < -0.4 is 9.80 Å². The van der Waals surface area contributed by atoms with Crippen LogP contribution in [-0.4, -0.2) is 22.4 Å². The number of para-hydroxylation sites is 1. The summed E-state index contributed by atoms with van der Waals surface area (Å²) in [6, 6.07) is 44.2. The summed E-state index contributed by atoms with van der Waals surface area (Å²) in [6.07, 6.45) is 1.61. The van der Waals surface area contributed by atoms with Crippen molar-refractivity contribution in [3.05, 3.63) is 167 Å². The minimum absolute atomic E-state index is 0.140. The number of hydrogen-bond donors (Lipinski definition) is 0. The number of carbonyl (C=O) groups is 3. The van der Waals surface area contributed by atoms with Gasteiger partial charge in [-0.25, -0.2) is 14.6 Å². The maximum atomic E-state index is 14.3. The zero-order valence-corrected chi connectivity index (χ0v) is 26.1. The predicted octanol–water partition coefficient (Wildman–Crippen LogP) is 9.36. The van der Waals surface area contributed by atoms with Gasteiger partial charge in [0.05, 0.1) is 22.8 Å². The summed E-state index contributed by atoms with van der Waals surface area (Å²) in [5.41, 5.74) is 6.48. The van der Waals surface area contributed by atoms with E-state index < -0.39 is 17.8 Å². The van der Waals surface area contributed by atoms with Gasteiger partial charge < -0.3 is 4.57 Å². The van der Waals surface area contributed by atoms with Crippen molar-refractivity contribution >= 4 is 46.9 Å². The van der Waals surface area contributed by atoms with Crippen molar-refractivity contribution in [3.8, 4) is 28.2 Å². The number of imide groups is 2. The molecule has 2 heterocycles. The standard InChI is InChI=1S/C40H28ClN3O3/c1-27-17-21-34(22-18-27)44-39(46)35(38(45)43(40(44)47)32-15-9-4-10-16-32)25-30-26-36(28-11-5-2-6-12-28)42(33-23-19-31(41)20-24-33)37(30)29-13-7-3-8-14-29/h2-26H,1H3/b35-25-. The molecule has 0 spiro atoms. The molecule has 1 fully saturated rings. The first kappa shape index (κ1) is 29.7. The van der Waals surface area contributed by atoms with Gasteiger partial charge in [-0.3, -0.25) is 9.59 Å². The number of benzene rings is 5. The molecule has 0 N–H and O–H groups in total. The number of hydrogen-bond acceptors (Lipinski definition) is 3. The van der Waals surface area contributed by atoms with Gasteiger partial charge in [0.15, 0.2) is 0 Å². The number of rotatable bonds is 6. The summed E-state index contributed by atoms with van der Waals surface area (Å²) in [5, 5.41) is 0.603. The van der Waals surface area contributed by atoms with E-state index in [1.54, 1.807) is 48.5 Å². The molecule has 7 rings (SSSR count). The summed E-state index contributed by atoms with van der Waals surface area (Å²) in [7, 11) is 0. The topological polar surface area (TPSA) is 62.6 Å². The molecule has 0 bridgehead atoms. The number of anilines is 2. The van der Waals surface area contributed by atoms with Crippen molar-refractivity contribution in [2.45, 2.75) is 6.92 Å². The second-order valence-corrected chi connectivity index (χ2v) is 11.6. The molecule has 0 atom stereocenters. The lowest BCUT2D eigenvalue weighted by Gasteiger charge is -2.34. The van der Waals surface area contributed by atoms with Crippen molar-refractivity contribution in [1.82, 2.24) is 4.57 Å². The number of carbonyl (C=O) groups excluding carboxylic acids is 3. The first-order valence-electron chi connectivity index (χ1n) is 15.1. The Morgan fingerprint density at radius 3 is 1.62 bits per heavy atom. The minimum atomic E-state index is -0.737. The van der Waals surface area contributed by atoms with E-state index in [9.17, 15) is 14.4 Å². The normalized spacial score (nSPS) is 14.3. The van der Waals surface area contributed by atoms with Crippen molar-refractivity contribution in [2.24, 2.45) is 0 Å². The lowest BCUT2D eigenvalue weighted by atomic mass is 10.0. The van der Waals surface area contributed by atoms with E-state index in [1.165, 1.54) is 0 Å². The third-order valence-electron chi connectivity index (χ3n) is 8.09. The number of halogens is 1. The molecule has 5 aromatic carbocycles. The molecular weight excluding hydrogens is 606 g/mol. The fourth-order valence-electron chi connectivity index (χ4n) is 5.82. The zero-order chi connectivity index (χ0) is 32.5. The van der Waals surface area contributed by atoms with Crippen LogP contribution in [0.4, 0.5) is 16.2 Å². The Labute approximate surface area is 277 Å². The molecule has 1 aliphatic heterocycles. The van der Waals surface area contributed by atoms with E-state index in [-0.39, 0.29) is 5.57 Å². The van der Waals surface area contributed by atoms with Crippen molar-refractivity contribution < 1.29 is 14.4 Å². The fraction of sp³-hybridized carbons (Fsp3) is 0.0250. The van der Waals surface area contributed by atoms with Gasteiger partial charge in [-0.05, 0) is 78.7 Å². The number of urea groups is 1. The highest BCUT2D eigenvalue weighted by Gasteiger charge is 2.44. The van der Waals surface area contributed by atoms with E-state index in [4.69, 9.17) is 11.6 Å². The molecule has 4 amide bonds. The first-order chi connectivity index (χ1) is 22.9.